The van der Waals surface area contributed by atoms with Gasteiger partial charge in [0.2, 0.25) is 5.91 Å². The van der Waals surface area contributed by atoms with E-state index in [2.05, 4.69) is 45.1 Å². The first kappa shape index (κ1) is 34.8. The second-order valence-electron chi connectivity index (χ2n) is 11.0. The fourth-order valence-electron chi connectivity index (χ4n) is 5.99. The number of amides is 1. The molecule has 1 amide bonds. The predicted molar refractivity (Wildman–Crippen MR) is 143 cm³/mol. The molecule has 3 saturated heterocycles. The Labute approximate surface area is 249 Å². The number of nitrogens with zero attached hydrogens (tertiary/aromatic N) is 3. The van der Waals surface area contributed by atoms with Crippen LogP contribution < -0.4 is 0 Å². The molecule has 2 spiro atoms. The van der Waals surface area contributed by atoms with Gasteiger partial charge in [0, 0.05) is 56.6 Å². The highest BCUT2D eigenvalue weighted by atomic mass is 19.4. The fourth-order valence-corrected chi connectivity index (χ4v) is 5.99. The number of fused-ring (bicyclic) bond motifs is 1. The molecule has 1 aromatic carbocycles. The van der Waals surface area contributed by atoms with Crippen LogP contribution in [0.1, 0.15) is 30.5 Å². The summed E-state index contributed by atoms with van der Waals surface area (Å²) in [5, 5.41) is 14.2. The highest BCUT2D eigenvalue weighted by molar-refractivity contribution is 5.78. The predicted octanol–water partition coefficient (Wildman–Crippen LogP) is 4.42. The number of aliphatic carboxylic acids is 2. The first-order valence-electron chi connectivity index (χ1n) is 13.7. The average molecular weight is 634 g/mol. The monoisotopic (exact) mass is 633 g/mol. The molecule has 3 aliphatic heterocycles. The molecule has 44 heavy (non-hydrogen) atoms. The summed E-state index contributed by atoms with van der Waals surface area (Å²) in [6, 6.07) is 16.6. The molecular formula is C29H33F6N3O6. The molecular weight excluding hydrogens is 600 g/mol. The number of carboxylic acid groups (broad SMARTS) is 2. The normalized spacial score (nSPS) is 21.3. The molecule has 1 unspecified atom stereocenters. The molecule has 0 radical (unpaired) electrons. The topological polar surface area (TPSA) is 120 Å². The number of carbonyl (C=O) groups excluding carboxylic acids is 1. The second-order valence-corrected chi connectivity index (χ2v) is 11.0. The molecule has 242 valence electrons. The van der Waals surface area contributed by atoms with Crippen molar-refractivity contribution < 1.29 is 55.7 Å². The summed E-state index contributed by atoms with van der Waals surface area (Å²) >= 11 is 0. The van der Waals surface area contributed by atoms with Crippen LogP contribution in [0.3, 0.4) is 0 Å². The number of hydrogen-bond acceptors (Lipinski definition) is 6. The molecule has 0 aliphatic carbocycles. The number of pyridine rings is 1. The fraction of sp³-hybridized carbons (Fsp3) is 0.517. The minimum Gasteiger partial charge on any atom is -0.475 e. The summed E-state index contributed by atoms with van der Waals surface area (Å²) in [7, 11) is 0. The van der Waals surface area contributed by atoms with Crippen molar-refractivity contribution in [1.82, 2.24) is 14.8 Å². The van der Waals surface area contributed by atoms with E-state index in [4.69, 9.17) is 24.5 Å². The first-order chi connectivity index (χ1) is 20.6. The van der Waals surface area contributed by atoms with Crippen molar-refractivity contribution >= 4 is 17.8 Å². The number of benzene rings is 1. The summed E-state index contributed by atoms with van der Waals surface area (Å²) in [5.74, 6) is -5.31. The van der Waals surface area contributed by atoms with Gasteiger partial charge >= 0.3 is 24.3 Å². The van der Waals surface area contributed by atoms with E-state index >= 15 is 0 Å². The Morgan fingerprint density at radius 2 is 1.36 bits per heavy atom. The van der Waals surface area contributed by atoms with E-state index in [-0.39, 0.29) is 16.7 Å². The Bertz CT molecular complexity index is 1220. The largest absolute Gasteiger partial charge is 0.490 e. The molecule has 2 N–H and O–H groups in total. The van der Waals surface area contributed by atoms with E-state index in [0.29, 0.717) is 6.42 Å². The van der Waals surface area contributed by atoms with Gasteiger partial charge < -0.3 is 19.8 Å². The van der Waals surface area contributed by atoms with E-state index in [1.165, 1.54) is 5.56 Å². The molecule has 15 heteroatoms. The van der Waals surface area contributed by atoms with Gasteiger partial charge in [0.05, 0.1) is 13.0 Å². The minimum absolute atomic E-state index is 0.208. The Hall–Kier alpha value is -3.72. The van der Waals surface area contributed by atoms with Crippen molar-refractivity contribution in [3.05, 3.63) is 66.0 Å². The summed E-state index contributed by atoms with van der Waals surface area (Å²) < 4.78 is 69.4. The number of carboxylic acids is 2. The zero-order chi connectivity index (χ0) is 32.6. The summed E-state index contributed by atoms with van der Waals surface area (Å²) in [6.07, 6.45) is -4.69. The van der Waals surface area contributed by atoms with E-state index in [9.17, 15) is 31.1 Å². The third-order valence-electron chi connectivity index (χ3n) is 8.15. The van der Waals surface area contributed by atoms with E-state index in [1.54, 1.807) is 6.20 Å². The third-order valence-corrected chi connectivity index (χ3v) is 8.15. The number of alkyl halides is 6. The third kappa shape index (κ3) is 9.14. The second kappa shape index (κ2) is 14.4. The van der Waals surface area contributed by atoms with E-state index in [0.717, 1.165) is 70.9 Å². The molecule has 2 aromatic rings. The van der Waals surface area contributed by atoms with Crippen LogP contribution in [0.5, 0.6) is 0 Å². The summed E-state index contributed by atoms with van der Waals surface area (Å²) in [5.41, 5.74) is 2.75. The van der Waals surface area contributed by atoms with Crippen molar-refractivity contribution in [2.24, 2.45) is 10.8 Å². The molecule has 1 atom stereocenters. The molecule has 3 fully saturated rings. The van der Waals surface area contributed by atoms with Gasteiger partial charge in [-0.15, -0.1) is 0 Å². The molecule has 9 nitrogen and oxygen atoms in total. The van der Waals surface area contributed by atoms with Crippen LogP contribution in [0.25, 0.3) is 0 Å². The van der Waals surface area contributed by atoms with Gasteiger partial charge in [-0.25, -0.2) is 9.59 Å². The molecule has 3 aliphatic rings. The summed E-state index contributed by atoms with van der Waals surface area (Å²) in [4.78, 5) is 39.6. The Morgan fingerprint density at radius 3 is 1.84 bits per heavy atom. The van der Waals surface area contributed by atoms with Crippen molar-refractivity contribution in [2.75, 3.05) is 39.4 Å². The zero-order valence-corrected chi connectivity index (χ0v) is 23.6. The van der Waals surface area contributed by atoms with Gasteiger partial charge in [-0.1, -0.05) is 36.4 Å². The van der Waals surface area contributed by atoms with Gasteiger partial charge in [0.1, 0.15) is 0 Å². The number of halogens is 6. The van der Waals surface area contributed by atoms with Gasteiger partial charge in [-0.3, -0.25) is 14.7 Å². The lowest BCUT2D eigenvalue weighted by molar-refractivity contribution is -0.193. The van der Waals surface area contributed by atoms with Crippen LogP contribution in [0.2, 0.25) is 0 Å². The summed E-state index contributed by atoms with van der Waals surface area (Å²) in [6.45, 7) is 6.70. The van der Waals surface area contributed by atoms with E-state index < -0.39 is 24.3 Å². The van der Waals surface area contributed by atoms with Crippen LogP contribution in [-0.2, 0) is 32.1 Å². The number of aromatic nitrogens is 1. The average Bonchev–Trinajstić information content (AvgIpc) is 3.54. The number of piperidine rings is 1. The Morgan fingerprint density at radius 1 is 0.818 bits per heavy atom. The quantitative estimate of drug-likeness (QED) is 0.475. The number of hydrogen-bond donors (Lipinski definition) is 2. The lowest BCUT2D eigenvalue weighted by Gasteiger charge is -2.47. The van der Waals surface area contributed by atoms with Crippen LogP contribution in [0, 0.1) is 10.8 Å². The van der Waals surface area contributed by atoms with Crippen LogP contribution in [0.15, 0.2) is 54.7 Å². The van der Waals surface area contributed by atoms with Gasteiger partial charge in [-0.2, -0.15) is 26.3 Å². The number of carbonyl (C=O) groups is 3. The molecule has 0 bridgehead atoms. The van der Waals surface area contributed by atoms with Crippen LogP contribution in [0.4, 0.5) is 26.3 Å². The molecule has 1 aromatic heterocycles. The number of rotatable bonds is 4. The van der Waals surface area contributed by atoms with Crippen LogP contribution in [-0.4, -0.2) is 94.6 Å². The lowest BCUT2D eigenvalue weighted by Crippen LogP contribution is -2.51. The SMILES string of the molecule is O=C(Cc1ccccn1)N1CCC2(CC1)CN(Cc1ccccc1)CC21CCOC1.O=C(O)C(F)(F)F.O=C(O)C(F)(F)F. The number of likely N-dealkylation sites (tertiary alicyclic amines) is 2. The van der Waals surface area contributed by atoms with Gasteiger partial charge in [0.25, 0.3) is 0 Å². The lowest BCUT2D eigenvalue weighted by atomic mass is 9.60. The van der Waals surface area contributed by atoms with Crippen molar-refractivity contribution in [3.8, 4) is 0 Å². The minimum atomic E-state index is -5.08. The van der Waals surface area contributed by atoms with Crippen LogP contribution >= 0.6 is 0 Å². The maximum atomic E-state index is 12.8. The van der Waals surface area contributed by atoms with Gasteiger partial charge in [-0.05, 0) is 42.4 Å². The highest BCUT2D eigenvalue weighted by Gasteiger charge is 2.59. The maximum Gasteiger partial charge on any atom is 0.490 e. The Balaban J connectivity index is 0.000000317. The number of ether oxygens (including phenoxy) is 1. The van der Waals surface area contributed by atoms with Crippen molar-refractivity contribution in [2.45, 2.75) is 44.6 Å². The molecule has 0 saturated carbocycles. The first-order valence-corrected chi connectivity index (χ1v) is 13.7. The van der Waals surface area contributed by atoms with Gasteiger partial charge in [0.15, 0.2) is 0 Å². The zero-order valence-electron chi connectivity index (χ0n) is 23.6. The molecule has 5 rings (SSSR count). The molecule has 4 heterocycles. The van der Waals surface area contributed by atoms with Crippen molar-refractivity contribution in [1.29, 1.82) is 0 Å². The standard InChI is InChI=1S/C25H31N3O2.2C2HF3O2/c29-23(16-22-8-4-5-12-26-22)28-13-9-24(10-14-28)18-27(17-21-6-2-1-3-7-21)19-25(24)11-15-30-20-25;2*3-2(4,5)1(6)7/h1-8,12H,9-11,13-20H2;2*(H,6,7). The van der Waals surface area contributed by atoms with Crippen molar-refractivity contribution in [3.63, 3.8) is 0 Å². The smallest absolute Gasteiger partial charge is 0.475 e. The highest BCUT2D eigenvalue weighted by Crippen LogP contribution is 2.57. The maximum absolute atomic E-state index is 12.8. The van der Waals surface area contributed by atoms with E-state index in [1.807, 2.05) is 18.2 Å². The Kier molecular flexibility index (Phi) is 11.4.